The van der Waals surface area contributed by atoms with Crippen molar-refractivity contribution in [2.75, 3.05) is 6.61 Å². The Morgan fingerprint density at radius 3 is 2.47 bits per heavy atom. The summed E-state index contributed by atoms with van der Waals surface area (Å²) in [4.78, 5) is 23.1. The summed E-state index contributed by atoms with van der Waals surface area (Å²) < 4.78 is 7.55. The molecule has 0 atom stereocenters. The number of carbonyl (C=O) groups is 2. The van der Waals surface area contributed by atoms with Crippen LogP contribution in [0.1, 0.15) is 29.3 Å². The summed E-state index contributed by atoms with van der Waals surface area (Å²) in [6.07, 6.45) is 0.514. The van der Waals surface area contributed by atoms with Gasteiger partial charge in [-0.15, -0.1) is 0 Å². The summed E-state index contributed by atoms with van der Waals surface area (Å²) in [5.41, 5.74) is 8.88. The van der Waals surface area contributed by atoms with Crippen molar-refractivity contribution in [2.45, 2.75) is 26.8 Å². The first-order chi connectivity index (χ1) is 14.4. The number of aryl methyl sites for hydroxylation is 1. The van der Waals surface area contributed by atoms with E-state index < -0.39 is 18.5 Å². The highest BCUT2D eigenvalue weighted by Gasteiger charge is 2.27. The average Bonchev–Trinajstić information content (AvgIpc) is 3.00. The Morgan fingerprint density at radius 1 is 1.20 bits per heavy atom. The Bertz CT molecular complexity index is 1130. The number of rotatable bonds is 8. The smallest absolute Gasteiger partial charge is 0.341 e. The predicted octanol–water partition coefficient (Wildman–Crippen LogP) is 2.69. The zero-order valence-corrected chi connectivity index (χ0v) is 16.8. The van der Waals surface area contributed by atoms with Gasteiger partial charge in [-0.05, 0) is 36.6 Å². The maximum Gasteiger partial charge on any atom is 0.341 e. The molecule has 8 heteroatoms. The van der Waals surface area contributed by atoms with Gasteiger partial charge in [0.2, 0.25) is 0 Å². The van der Waals surface area contributed by atoms with Crippen LogP contribution in [0.5, 0.6) is 5.75 Å². The molecule has 30 heavy (non-hydrogen) atoms. The van der Waals surface area contributed by atoms with Crippen molar-refractivity contribution in [2.24, 2.45) is 10.9 Å². The molecule has 0 saturated heterocycles. The third-order valence-electron chi connectivity index (χ3n) is 4.82. The van der Waals surface area contributed by atoms with E-state index in [9.17, 15) is 14.8 Å². The van der Waals surface area contributed by atoms with Crippen LogP contribution in [-0.2, 0) is 22.6 Å². The quantitative estimate of drug-likeness (QED) is 0.299. The molecule has 8 nitrogen and oxygen atoms in total. The molecule has 4 N–H and O–H groups in total. The number of fused-ring (bicyclic) bond motifs is 1. The molecule has 0 aliphatic rings. The van der Waals surface area contributed by atoms with Crippen LogP contribution in [0.2, 0.25) is 0 Å². The van der Waals surface area contributed by atoms with Crippen molar-refractivity contribution >= 4 is 28.5 Å². The van der Waals surface area contributed by atoms with Crippen molar-refractivity contribution in [3.63, 3.8) is 0 Å². The summed E-state index contributed by atoms with van der Waals surface area (Å²) in [6.45, 7) is 3.73. The van der Waals surface area contributed by atoms with Gasteiger partial charge in [0, 0.05) is 17.8 Å². The molecule has 1 amide bonds. The van der Waals surface area contributed by atoms with Crippen LogP contribution in [0.3, 0.4) is 0 Å². The van der Waals surface area contributed by atoms with Crippen LogP contribution in [0.4, 0.5) is 0 Å². The molecule has 0 aliphatic carbocycles. The summed E-state index contributed by atoms with van der Waals surface area (Å²) in [5, 5.41) is 22.2. The second kappa shape index (κ2) is 8.69. The molecule has 0 unspecified atom stereocenters. The van der Waals surface area contributed by atoms with Gasteiger partial charge >= 0.3 is 5.97 Å². The van der Waals surface area contributed by atoms with Gasteiger partial charge in [0.25, 0.3) is 5.91 Å². The number of oxime groups is 1. The molecule has 0 aliphatic heterocycles. The van der Waals surface area contributed by atoms with E-state index in [4.69, 9.17) is 15.6 Å². The number of benzene rings is 2. The highest BCUT2D eigenvalue weighted by Crippen LogP contribution is 2.36. The molecule has 0 fully saturated rings. The molecule has 2 aromatic carbocycles. The van der Waals surface area contributed by atoms with Crippen molar-refractivity contribution < 1.29 is 24.6 Å². The molecular weight excluding hydrogens is 386 g/mol. The third kappa shape index (κ3) is 3.98. The van der Waals surface area contributed by atoms with Gasteiger partial charge < -0.3 is 25.4 Å². The Morgan fingerprint density at radius 2 is 1.90 bits per heavy atom. The van der Waals surface area contributed by atoms with Crippen LogP contribution in [0.15, 0.2) is 47.6 Å². The molecule has 1 heterocycles. The van der Waals surface area contributed by atoms with Gasteiger partial charge in [0.15, 0.2) is 12.3 Å². The standard InChI is InChI=1S/C22H23N3O5/c1-3-15-20(21(24-29)22(23)28)19-16(25(15)11-14-7-5-4-6-8-14)9-13(2)10-17(19)30-12-18(26)27/h4-10,29H,3,11-12H2,1-2H3,(H2,23,28)(H,26,27)/b24-21-. The summed E-state index contributed by atoms with van der Waals surface area (Å²) >= 11 is 0. The maximum absolute atomic E-state index is 12.0. The molecule has 0 bridgehead atoms. The number of ether oxygens (including phenoxy) is 1. The van der Waals surface area contributed by atoms with Crippen molar-refractivity contribution in [3.8, 4) is 5.75 Å². The number of carboxylic acids is 1. The van der Waals surface area contributed by atoms with Crippen molar-refractivity contribution in [1.29, 1.82) is 0 Å². The number of primary amides is 1. The molecule has 3 rings (SSSR count). The molecule has 0 radical (unpaired) electrons. The lowest BCUT2D eigenvalue weighted by Gasteiger charge is -2.11. The van der Waals surface area contributed by atoms with Crippen LogP contribution >= 0.6 is 0 Å². The number of nitrogens with zero attached hydrogens (tertiary/aromatic N) is 2. The summed E-state index contributed by atoms with van der Waals surface area (Å²) in [6, 6.07) is 13.4. The SMILES string of the molecule is CCc1c(/C(=N/O)C(N)=O)c2c(OCC(=O)O)cc(C)cc2n1Cc1ccccc1. The van der Waals surface area contributed by atoms with Gasteiger partial charge in [0.1, 0.15) is 5.75 Å². The second-order valence-corrected chi connectivity index (χ2v) is 6.90. The van der Waals surface area contributed by atoms with E-state index in [-0.39, 0.29) is 11.5 Å². The number of aliphatic carboxylic acids is 1. The fraction of sp³-hybridized carbons (Fsp3) is 0.227. The number of aromatic nitrogens is 1. The molecular formula is C22H23N3O5. The molecule has 1 aromatic heterocycles. The molecule has 3 aromatic rings. The summed E-state index contributed by atoms with van der Waals surface area (Å²) in [5.74, 6) is -1.74. The lowest BCUT2D eigenvalue weighted by atomic mass is 10.0. The number of hydrogen-bond donors (Lipinski definition) is 3. The van der Waals surface area contributed by atoms with Crippen LogP contribution in [-0.4, -0.2) is 39.1 Å². The Hall–Kier alpha value is -3.81. The number of carbonyl (C=O) groups excluding carboxylic acids is 1. The lowest BCUT2D eigenvalue weighted by Crippen LogP contribution is -2.25. The van der Waals surface area contributed by atoms with E-state index in [1.165, 1.54) is 0 Å². The fourth-order valence-electron chi connectivity index (χ4n) is 3.67. The highest BCUT2D eigenvalue weighted by molar-refractivity contribution is 6.47. The lowest BCUT2D eigenvalue weighted by molar-refractivity contribution is -0.139. The minimum Gasteiger partial charge on any atom is -0.481 e. The Balaban J connectivity index is 2.37. The number of carboxylic acid groups (broad SMARTS) is 1. The minimum absolute atomic E-state index is 0.284. The second-order valence-electron chi connectivity index (χ2n) is 6.90. The monoisotopic (exact) mass is 409 g/mol. The first-order valence-electron chi connectivity index (χ1n) is 9.43. The van der Waals surface area contributed by atoms with E-state index in [2.05, 4.69) is 5.16 Å². The first kappa shape index (κ1) is 20.9. The third-order valence-corrected chi connectivity index (χ3v) is 4.82. The number of nitrogens with two attached hydrogens (primary N) is 1. The fourth-order valence-corrected chi connectivity index (χ4v) is 3.67. The van der Waals surface area contributed by atoms with Gasteiger partial charge in [0.05, 0.1) is 10.9 Å². The first-order valence-corrected chi connectivity index (χ1v) is 9.43. The average molecular weight is 409 g/mol. The normalized spacial score (nSPS) is 11.6. The van der Waals surface area contributed by atoms with Crippen LogP contribution < -0.4 is 10.5 Å². The van der Waals surface area contributed by atoms with Gasteiger partial charge in [-0.1, -0.05) is 42.4 Å². The zero-order valence-electron chi connectivity index (χ0n) is 16.8. The van der Waals surface area contributed by atoms with Crippen LogP contribution in [0.25, 0.3) is 10.9 Å². The predicted molar refractivity (Wildman–Crippen MR) is 112 cm³/mol. The largest absolute Gasteiger partial charge is 0.481 e. The molecule has 156 valence electrons. The highest BCUT2D eigenvalue weighted by atomic mass is 16.5. The van der Waals surface area contributed by atoms with E-state index in [0.29, 0.717) is 23.9 Å². The van der Waals surface area contributed by atoms with E-state index in [1.807, 2.05) is 54.8 Å². The molecule has 0 spiro atoms. The van der Waals surface area contributed by atoms with E-state index in [0.717, 1.165) is 22.3 Å². The van der Waals surface area contributed by atoms with E-state index >= 15 is 0 Å². The van der Waals surface area contributed by atoms with Gasteiger partial charge in [-0.25, -0.2) is 4.79 Å². The van der Waals surface area contributed by atoms with Crippen LogP contribution in [0, 0.1) is 6.92 Å². The van der Waals surface area contributed by atoms with E-state index in [1.54, 1.807) is 6.07 Å². The van der Waals surface area contributed by atoms with Gasteiger partial charge in [-0.3, -0.25) is 4.79 Å². The minimum atomic E-state index is -1.13. The van der Waals surface area contributed by atoms with Crippen molar-refractivity contribution in [3.05, 3.63) is 64.8 Å². The molecule has 0 saturated carbocycles. The number of hydrogen-bond acceptors (Lipinski definition) is 5. The Labute approximate surface area is 173 Å². The van der Waals surface area contributed by atoms with Gasteiger partial charge in [-0.2, -0.15) is 0 Å². The Kier molecular flexibility index (Phi) is 6.06. The van der Waals surface area contributed by atoms with Crippen molar-refractivity contribution in [1.82, 2.24) is 4.57 Å². The topological polar surface area (TPSA) is 127 Å². The number of amides is 1. The maximum atomic E-state index is 12.0. The zero-order chi connectivity index (χ0) is 21.8. The summed E-state index contributed by atoms with van der Waals surface area (Å²) in [7, 11) is 0.